The van der Waals surface area contributed by atoms with Gasteiger partial charge in [-0.3, -0.25) is 19.2 Å². The Morgan fingerprint density at radius 2 is 0.906 bits per heavy atom. The number of rotatable bonds is 20. The van der Waals surface area contributed by atoms with E-state index in [-0.39, 0.29) is 64.4 Å². The largest absolute Gasteiger partial charge is 0.462 e. The van der Waals surface area contributed by atoms with Crippen LogP contribution in [0.1, 0.15) is 87.3 Å². The highest BCUT2D eigenvalue weighted by Crippen LogP contribution is 2.21. The van der Waals surface area contributed by atoms with E-state index in [0.29, 0.717) is 0 Å². The van der Waals surface area contributed by atoms with Gasteiger partial charge in [-0.1, -0.05) is 97.4 Å². The Kier molecular flexibility index (Phi) is 17.0. The fourth-order valence-corrected chi connectivity index (χ4v) is 5.68. The smallest absolute Gasteiger partial charge is 0.328 e. The Balaban J connectivity index is 1.30. The summed E-state index contributed by atoms with van der Waals surface area (Å²) < 4.78 is 21.8. The van der Waals surface area contributed by atoms with Gasteiger partial charge in [0, 0.05) is 25.7 Å². The molecule has 12 nitrogen and oxygen atoms in total. The van der Waals surface area contributed by atoms with E-state index in [2.05, 4.69) is 10.6 Å². The van der Waals surface area contributed by atoms with Gasteiger partial charge in [0.2, 0.25) is 11.8 Å². The average Bonchev–Trinajstić information content (AvgIpc) is 3.19. The van der Waals surface area contributed by atoms with E-state index < -0.39 is 47.8 Å². The van der Waals surface area contributed by atoms with Gasteiger partial charge >= 0.3 is 23.9 Å². The summed E-state index contributed by atoms with van der Waals surface area (Å²) >= 11 is 0. The van der Waals surface area contributed by atoms with E-state index in [9.17, 15) is 28.8 Å². The van der Waals surface area contributed by atoms with E-state index >= 15 is 0 Å². The van der Waals surface area contributed by atoms with Crippen molar-refractivity contribution in [3.63, 3.8) is 0 Å². The van der Waals surface area contributed by atoms with Crippen LogP contribution in [0.25, 0.3) is 0 Å². The van der Waals surface area contributed by atoms with Crippen LogP contribution < -0.4 is 10.6 Å². The molecule has 1 aliphatic carbocycles. The predicted octanol–water partition coefficient (Wildman–Crippen LogP) is 5.40. The molecule has 0 aliphatic heterocycles. The molecule has 0 saturated heterocycles. The van der Waals surface area contributed by atoms with E-state index in [4.69, 9.17) is 18.9 Å². The summed E-state index contributed by atoms with van der Waals surface area (Å²) in [5.41, 5.74) is 2.29. The van der Waals surface area contributed by atoms with Gasteiger partial charge in [0.25, 0.3) is 0 Å². The van der Waals surface area contributed by atoms with Crippen molar-refractivity contribution in [3.05, 3.63) is 108 Å². The monoisotopic (exact) mass is 728 g/mol. The molecule has 0 aromatic heterocycles. The van der Waals surface area contributed by atoms with Crippen LogP contribution >= 0.6 is 0 Å². The van der Waals surface area contributed by atoms with Crippen LogP contribution in [0.5, 0.6) is 0 Å². The molecule has 2 N–H and O–H groups in total. The average molecular weight is 729 g/mol. The molecule has 12 heteroatoms. The molecule has 0 unspecified atom stereocenters. The Labute approximate surface area is 309 Å². The highest BCUT2D eigenvalue weighted by atomic mass is 16.5. The Bertz CT molecular complexity index is 1610. The lowest BCUT2D eigenvalue weighted by Crippen LogP contribution is -2.44. The number of hydrogen-bond donors (Lipinski definition) is 2. The molecular weight excluding hydrogens is 680 g/mol. The van der Waals surface area contributed by atoms with E-state index in [1.54, 1.807) is 48.5 Å². The van der Waals surface area contributed by atoms with Crippen molar-refractivity contribution >= 4 is 35.7 Å². The quantitative estimate of drug-likeness (QED) is 0.114. The SMILES string of the molecule is O=C(CCC(=O)N[C@@H](CCC(=O)OC1CCCCC1)C(=O)OCc1ccccc1)N[C@@H](CCC(=O)OCc1ccccc1)C(=O)OCc1ccccc1. The first-order valence-electron chi connectivity index (χ1n) is 18.1. The fraction of sp³-hybridized carbons (Fsp3) is 0.415. The van der Waals surface area contributed by atoms with E-state index in [1.807, 2.05) is 42.5 Å². The molecule has 282 valence electrons. The van der Waals surface area contributed by atoms with Crippen molar-refractivity contribution in [3.8, 4) is 0 Å². The van der Waals surface area contributed by atoms with Crippen LogP contribution in [-0.4, -0.2) is 53.9 Å². The molecule has 0 heterocycles. The van der Waals surface area contributed by atoms with E-state index in [0.717, 1.165) is 48.8 Å². The van der Waals surface area contributed by atoms with Crippen molar-refractivity contribution in [2.24, 2.45) is 0 Å². The van der Waals surface area contributed by atoms with Crippen LogP contribution in [0, 0.1) is 0 Å². The normalized spacial score (nSPS) is 13.8. The lowest BCUT2D eigenvalue weighted by Gasteiger charge is -2.22. The maximum Gasteiger partial charge on any atom is 0.328 e. The zero-order chi connectivity index (χ0) is 37.7. The lowest BCUT2D eigenvalue weighted by atomic mass is 9.98. The zero-order valence-electron chi connectivity index (χ0n) is 29.9. The number of nitrogens with one attached hydrogen (secondary N) is 2. The first kappa shape index (κ1) is 40.3. The van der Waals surface area contributed by atoms with Gasteiger partial charge in [-0.2, -0.15) is 0 Å². The first-order valence-corrected chi connectivity index (χ1v) is 18.1. The minimum absolute atomic E-state index is 0.0253. The highest BCUT2D eigenvalue weighted by molar-refractivity contribution is 5.89. The number of amides is 2. The molecule has 3 aromatic carbocycles. The molecule has 1 aliphatic rings. The molecular formula is C41H48N2O10. The topological polar surface area (TPSA) is 163 Å². The summed E-state index contributed by atoms with van der Waals surface area (Å²) in [6.45, 7) is -0.00183. The van der Waals surface area contributed by atoms with Gasteiger partial charge < -0.3 is 29.6 Å². The van der Waals surface area contributed by atoms with Gasteiger partial charge in [0.15, 0.2) is 0 Å². The third-order valence-corrected chi connectivity index (χ3v) is 8.63. The van der Waals surface area contributed by atoms with Gasteiger partial charge in [-0.05, 0) is 55.2 Å². The Morgan fingerprint density at radius 3 is 1.34 bits per heavy atom. The van der Waals surface area contributed by atoms with Gasteiger partial charge in [-0.15, -0.1) is 0 Å². The molecule has 1 saturated carbocycles. The standard InChI is InChI=1S/C41H48N2O10/c44-36(42-34(40(48)51-28-31-15-7-2-8-16-31)21-25-38(46)50-27-30-13-5-1-6-14-30)23-24-37(45)43-35(41(49)52-29-32-17-9-3-10-18-32)22-26-39(47)53-33-19-11-4-12-20-33/h1-3,5-10,13-18,33-35H,4,11-12,19-29H2,(H,42,44)(H,43,45)/t34-,35-/m0/s1. The second-order valence-electron chi connectivity index (χ2n) is 12.9. The van der Waals surface area contributed by atoms with Crippen LogP contribution in [0.15, 0.2) is 91.0 Å². The number of hydrogen-bond acceptors (Lipinski definition) is 10. The van der Waals surface area contributed by atoms with Crippen molar-refractivity contribution in [1.29, 1.82) is 0 Å². The molecule has 4 rings (SSSR count). The number of carbonyl (C=O) groups excluding carboxylic acids is 6. The lowest BCUT2D eigenvalue weighted by molar-refractivity contribution is -0.153. The maximum absolute atomic E-state index is 13.1. The second kappa shape index (κ2) is 22.4. The second-order valence-corrected chi connectivity index (χ2v) is 12.9. The highest BCUT2D eigenvalue weighted by Gasteiger charge is 2.27. The summed E-state index contributed by atoms with van der Waals surface area (Å²) in [6, 6.07) is 24.8. The van der Waals surface area contributed by atoms with Crippen molar-refractivity contribution in [2.75, 3.05) is 0 Å². The molecule has 53 heavy (non-hydrogen) atoms. The van der Waals surface area contributed by atoms with Gasteiger partial charge in [0.1, 0.15) is 38.0 Å². The van der Waals surface area contributed by atoms with Crippen LogP contribution in [0.3, 0.4) is 0 Å². The van der Waals surface area contributed by atoms with Crippen LogP contribution in [0.4, 0.5) is 0 Å². The van der Waals surface area contributed by atoms with Crippen molar-refractivity contribution in [1.82, 2.24) is 10.6 Å². The number of benzene rings is 3. The molecule has 1 fully saturated rings. The Hall–Kier alpha value is -5.52. The number of ether oxygens (including phenoxy) is 4. The van der Waals surface area contributed by atoms with Crippen LogP contribution in [0.2, 0.25) is 0 Å². The van der Waals surface area contributed by atoms with Crippen molar-refractivity contribution < 1.29 is 47.7 Å². The maximum atomic E-state index is 13.1. The van der Waals surface area contributed by atoms with E-state index in [1.165, 1.54) is 0 Å². The van der Waals surface area contributed by atoms with Gasteiger partial charge in [0.05, 0.1) is 0 Å². The summed E-state index contributed by atoms with van der Waals surface area (Å²) in [4.78, 5) is 77.2. The first-order chi connectivity index (χ1) is 25.7. The summed E-state index contributed by atoms with van der Waals surface area (Å²) in [6.07, 6.45) is 3.47. The van der Waals surface area contributed by atoms with Crippen molar-refractivity contribution in [2.45, 2.75) is 109 Å². The minimum Gasteiger partial charge on any atom is -0.462 e. The molecule has 0 spiro atoms. The summed E-state index contributed by atoms with van der Waals surface area (Å²) in [5, 5.41) is 5.17. The summed E-state index contributed by atoms with van der Waals surface area (Å²) in [5.74, 6) is -3.76. The van der Waals surface area contributed by atoms with Gasteiger partial charge in [-0.25, -0.2) is 9.59 Å². The third-order valence-electron chi connectivity index (χ3n) is 8.63. The Morgan fingerprint density at radius 1 is 0.509 bits per heavy atom. The fourth-order valence-electron chi connectivity index (χ4n) is 5.68. The molecule has 2 atom stereocenters. The number of esters is 4. The number of carbonyl (C=O) groups is 6. The van der Waals surface area contributed by atoms with Crippen LogP contribution in [-0.2, 0) is 67.5 Å². The third kappa shape index (κ3) is 15.7. The molecule has 2 amide bonds. The molecule has 0 bridgehead atoms. The molecule has 0 radical (unpaired) electrons. The zero-order valence-corrected chi connectivity index (χ0v) is 29.9. The molecule has 3 aromatic rings. The summed E-state index contributed by atoms with van der Waals surface area (Å²) in [7, 11) is 0. The minimum atomic E-state index is -1.19. The predicted molar refractivity (Wildman–Crippen MR) is 193 cm³/mol.